The molecule has 4 heteroatoms. The van der Waals surface area contributed by atoms with Gasteiger partial charge in [0.1, 0.15) is 11.5 Å². The number of allylic oxidation sites excluding steroid dienone is 3. The maximum atomic E-state index is 5.62. The van der Waals surface area contributed by atoms with Crippen LogP contribution >= 0.6 is 0 Å². The van der Waals surface area contributed by atoms with Crippen molar-refractivity contribution in [3.63, 3.8) is 0 Å². The van der Waals surface area contributed by atoms with Crippen molar-refractivity contribution in [3.8, 4) is 5.75 Å². The summed E-state index contributed by atoms with van der Waals surface area (Å²) in [7, 11) is 3.45. The number of benzene rings is 6. The first kappa shape index (κ1) is 37.8. The summed E-state index contributed by atoms with van der Waals surface area (Å²) in [5.74, 6) is 1.80. The highest BCUT2D eigenvalue weighted by Gasteiger charge is 2.19. The lowest BCUT2D eigenvalue weighted by Gasteiger charge is -2.31. The highest BCUT2D eigenvalue weighted by atomic mass is 16.5. The Labute approximate surface area is 333 Å². The molecule has 0 saturated heterocycles. The summed E-state index contributed by atoms with van der Waals surface area (Å²) in [6.07, 6.45) is 15.0. The largest absolute Gasteiger partial charge is 0.496 e. The Bertz CT molecular complexity index is 2430. The van der Waals surface area contributed by atoms with E-state index in [2.05, 4.69) is 189 Å². The van der Waals surface area contributed by atoms with E-state index in [4.69, 9.17) is 9.47 Å². The van der Waals surface area contributed by atoms with Crippen LogP contribution < -0.4 is 14.5 Å². The molecule has 0 amide bonds. The Kier molecular flexibility index (Phi) is 11.7. The molecule has 0 aromatic heterocycles. The molecule has 0 spiro atoms. The highest BCUT2D eigenvalue weighted by Crippen LogP contribution is 2.42. The molecular weight excluding hydrogens is 685 g/mol. The maximum Gasteiger partial charge on any atom is 0.126 e. The zero-order valence-corrected chi connectivity index (χ0v) is 33.3. The molecule has 0 aliphatic heterocycles. The molecule has 280 valence electrons. The molecule has 0 bridgehead atoms. The SMILES string of the molecule is COC1=CCCC=C1/C=C/c1ccc(N(c2cccc(N(c3ccc(/C=C/c4ccccc4OC)cc3)c3ccc(C)cc3C)c2)c2ccc(C)cc2C)cc1. The number of aryl methyl sites for hydroxylation is 4. The van der Waals surface area contributed by atoms with Crippen molar-refractivity contribution in [1.82, 2.24) is 0 Å². The molecule has 0 radical (unpaired) electrons. The van der Waals surface area contributed by atoms with E-state index < -0.39 is 0 Å². The van der Waals surface area contributed by atoms with Crippen LogP contribution in [0.3, 0.4) is 0 Å². The fourth-order valence-electron chi connectivity index (χ4n) is 7.41. The van der Waals surface area contributed by atoms with Gasteiger partial charge in [-0.15, -0.1) is 0 Å². The Morgan fingerprint density at radius 2 is 1.00 bits per heavy atom. The number of hydrogen-bond donors (Lipinski definition) is 0. The summed E-state index contributed by atoms with van der Waals surface area (Å²) in [6.45, 7) is 8.68. The summed E-state index contributed by atoms with van der Waals surface area (Å²) < 4.78 is 11.2. The van der Waals surface area contributed by atoms with Gasteiger partial charge in [-0.05, 0) is 130 Å². The van der Waals surface area contributed by atoms with Gasteiger partial charge in [0, 0.05) is 45.3 Å². The van der Waals surface area contributed by atoms with E-state index in [0.29, 0.717) is 0 Å². The normalized spacial score (nSPS) is 12.8. The third-order valence-electron chi connectivity index (χ3n) is 10.2. The average Bonchev–Trinajstić information content (AvgIpc) is 3.22. The van der Waals surface area contributed by atoms with Gasteiger partial charge in [0.05, 0.1) is 14.2 Å². The lowest BCUT2D eigenvalue weighted by atomic mass is 10.0. The van der Waals surface area contributed by atoms with Crippen LogP contribution in [0, 0.1) is 27.7 Å². The summed E-state index contributed by atoms with van der Waals surface area (Å²) in [4.78, 5) is 4.73. The van der Waals surface area contributed by atoms with Crippen LogP contribution in [0.1, 0.15) is 51.8 Å². The zero-order valence-electron chi connectivity index (χ0n) is 33.3. The topological polar surface area (TPSA) is 24.9 Å². The third kappa shape index (κ3) is 8.56. The molecule has 0 saturated carbocycles. The second-order valence-electron chi connectivity index (χ2n) is 14.4. The van der Waals surface area contributed by atoms with Gasteiger partial charge in [-0.2, -0.15) is 0 Å². The Balaban J connectivity index is 1.27. The molecule has 0 N–H and O–H groups in total. The van der Waals surface area contributed by atoms with E-state index >= 15 is 0 Å². The number of hydrogen-bond acceptors (Lipinski definition) is 4. The van der Waals surface area contributed by atoms with Crippen LogP contribution in [0.2, 0.25) is 0 Å². The molecule has 7 rings (SSSR count). The first-order valence-corrected chi connectivity index (χ1v) is 19.3. The first-order valence-electron chi connectivity index (χ1n) is 19.3. The van der Waals surface area contributed by atoms with E-state index in [0.717, 1.165) is 80.7 Å². The standard InChI is InChI=1S/C52H50N2O2/c1-37-18-32-49(39(3)34-37)53(45-28-22-41(23-29-45)20-26-43-12-7-9-16-51(43)55-5)47-14-11-15-48(36-47)54(50-33-19-38(2)35-40(50)4)46-30-24-42(25-31-46)21-27-44-13-8-10-17-52(44)56-6/h7,9,11-36H,8,10H2,1-6H3/b26-20+,27-21+. The predicted molar refractivity (Wildman–Crippen MR) is 238 cm³/mol. The van der Waals surface area contributed by atoms with Crippen molar-refractivity contribution in [2.24, 2.45) is 0 Å². The molecule has 4 nitrogen and oxygen atoms in total. The van der Waals surface area contributed by atoms with Crippen LogP contribution in [0.5, 0.6) is 5.75 Å². The molecule has 0 atom stereocenters. The zero-order chi connectivity index (χ0) is 39.0. The summed E-state index contributed by atoms with van der Waals surface area (Å²) >= 11 is 0. The van der Waals surface area contributed by atoms with Gasteiger partial charge in [0.2, 0.25) is 0 Å². The number of ether oxygens (including phenoxy) is 2. The Morgan fingerprint density at radius 1 is 0.464 bits per heavy atom. The van der Waals surface area contributed by atoms with Crippen LogP contribution in [0.25, 0.3) is 18.2 Å². The highest BCUT2D eigenvalue weighted by molar-refractivity contribution is 5.85. The second kappa shape index (κ2) is 17.3. The van der Waals surface area contributed by atoms with Gasteiger partial charge in [0.25, 0.3) is 0 Å². The number of nitrogens with zero attached hydrogens (tertiary/aromatic N) is 2. The van der Waals surface area contributed by atoms with Crippen molar-refractivity contribution in [2.75, 3.05) is 24.0 Å². The average molecular weight is 735 g/mol. The van der Waals surface area contributed by atoms with Gasteiger partial charge in [-0.1, -0.05) is 114 Å². The number of para-hydroxylation sites is 1. The van der Waals surface area contributed by atoms with E-state index in [1.165, 1.54) is 22.3 Å². The fourth-order valence-corrected chi connectivity index (χ4v) is 7.41. The minimum Gasteiger partial charge on any atom is -0.496 e. The smallest absolute Gasteiger partial charge is 0.126 e. The van der Waals surface area contributed by atoms with Crippen molar-refractivity contribution >= 4 is 52.4 Å². The van der Waals surface area contributed by atoms with Crippen molar-refractivity contribution < 1.29 is 9.47 Å². The molecule has 6 aromatic rings. The van der Waals surface area contributed by atoms with E-state index in [1.807, 2.05) is 18.2 Å². The second-order valence-corrected chi connectivity index (χ2v) is 14.4. The van der Waals surface area contributed by atoms with Crippen LogP contribution in [0.15, 0.2) is 163 Å². The fraction of sp³-hybridized carbons (Fsp3) is 0.154. The van der Waals surface area contributed by atoms with Crippen molar-refractivity contribution in [3.05, 3.63) is 202 Å². The van der Waals surface area contributed by atoms with Crippen molar-refractivity contribution in [2.45, 2.75) is 40.5 Å². The van der Waals surface area contributed by atoms with Gasteiger partial charge in [-0.3, -0.25) is 0 Å². The van der Waals surface area contributed by atoms with Gasteiger partial charge in [-0.25, -0.2) is 0 Å². The third-order valence-corrected chi connectivity index (χ3v) is 10.2. The first-order chi connectivity index (χ1) is 27.3. The van der Waals surface area contributed by atoms with Crippen molar-refractivity contribution in [1.29, 1.82) is 0 Å². The molecule has 1 aliphatic carbocycles. The summed E-state index contributed by atoms with van der Waals surface area (Å²) in [5, 5.41) is 0. The number of rotatable bonds is 12. The summed E-state index contributed by atoms with van der Waals surface area (Å²) in [6, 6.07) is 47.9. The maximum absolute atomic E-state index is 5.62. The lowest BCUT2D eigenvalue weighted by molar-refractivity contribution is 0.299. The predicted octanol–water partition coefficient (Wildman–Crippen LogP) is 14.3. The van der Waals surface area contributed by atoms with E-state index in [1.54, 1.807) is 14.2 Å². The molecule has 0 fully saturated rings. The Morgan fingerprint density at radius 3 is 1.54 bits per heavy atom. The molecular formula is C52H50N2O2. The van der Waals surface area contributed by atoms with Gasteiger partial charge < -0.3 is 19.3 Å². The monoisotopic (exact) mass is 734 g/mol. The minimum absolute atomic E-state index is 0.857. The van der Waals surface area contributed by atoms with Crippen LogP contribution in [-0.4, -0.2) is 14.2 Å². The van der Waals surface area contributed by atoms with Crippen LogP contribution in [0.4, 0.5) is 34.1 Å². The summed E-state index contributed by atoms with van der Waals surface area (Å²) in [5.41, 5.74) is 15.9. The minimum atomic E-state index is 0.857. The Hall–Kier alpha value is -6.52. The van der Waals surface area contributed by atoms with Gasteiger partial charge >= 0.3 is 0 Å². The molecule has 0 unspecified atom stereocenters. The van der Waals surface area contributed by atoms with E-state index in [-0.39, 0.29) is 0 Å². The number of methoxy groups -OCH3 is 2. The molecule has 0 heterocycles. The van der Waals surface area contributed by atoms with Gasteiger partial charge in [0.15, 0.2) is 0 Å². The van der Waals surface area contributed by atoms with Crippen LogP contribution in [-0.2, 0) is 4.74 Å². The lowest BCUT2D eigenvalue weighted by Crippen LogP contribution is -2.14. The number of anilines is 6. The quantitative estimate of drug-likeness (QED) is 0.117. The molecule has 1 aliphatic rings. The molecule has 56 heavy (non-hydrogen) atoms. The van der Waals surface area contributed by atoms with E-state index in [9.17, 15) is 0 Å². The molecule has 6 aromatic carbocycles.